The molecule has 0 amide bonds. The maximum atomic E-state index is 5.65. The van der Waals surface area contributed by atoms with E-state index in [-0.39, 0.29) is 0 Å². The molecule has 15 heavy (non-hydrogen) atoms. The lowest BCUT2D eigenvalue weighted by atomic mass is 10.2. The van der Waals surface area contributed by atoms with Crippen molar-refractivity contribution in [3.8, 4) is 11.6 Å². The fourth-order valence-electron chi connectivity index (χ4n) is 1.35. The van der Waals surface area contributed by atoms with Crippen LogP contribution in [-0.2, 0) is 0 Å². The van der Waals surface area contributed by atoms with Gasteiger partial charge in [-0.3, -0.25) is 5.10 Å². The van der Waals surface area contributed by atoms with Gasteiger partial charge in [-0.05, 0) is 37.6 Å². The fraction of sp³-hybridized carbons (Fsp3) is 0.182. The topological polar surface area (TPSA) is 63.9 Å². The van der Waals surface area contributed by atoms with Crippen LogP contribution in [0.3, 0.4) is 0 Å². The Kier molecular flexibility index (Phi) is 2.33. The maximum absolute atomic E-state index is 5.65. The number of H-pyrrole nitrogens is 1. The number of aryl methyl sites for hydroxylation is 2. The minimum Gasteiger partial charge on any atom is -0.437 e. The number of nitrogens with one attached hydrogen (secondary N) is 1. The molecule has 3 N–H and O–H groups in total. The summed E-state index contributed by atoms with van der Waals surface area (Å²) in [5.41, 5.74) is 8.35. The van der Waals surface area contributed by atoms with Crippen molar-refractivity contribution >= 4 is 5.69 Å². The van der Waals surface area contributed by atoms with E-state index >= 15 is 0 Å². The molecule has 0 aliphatic rings. The molecule has 0 unspecified atom stereocenters. The van der Waals surface area contributed by atoms with Crippen LogP contribution in [0.5, 0.6) is 11.6 Å². The van der Waals surface area contributed by atoms with Crippen molar-refractivity contribution in [2.45, 2.75) is 13.8 Å². The van der Waals surface area contributed by atoms with E-state index in [1.807, 2.05) is 38.1 Å². The molecule has 0 bridgehead atoms. The molecule has 2 rings (SSSR count). The van der Waals surface area contributed by atoms with Crippen LogP contribution in [0.1, 0.15) is 11.3 Å². The Bertz CT molecular complexity index is 476. The molecule has 2 aromatic rings. The predicted molar refractivity (Wildman–Crippen MR) is 59.0 cm³/mol. The summed E-state index contributed by atoms with van der Waals surface area (Å²) in [5, 5.41) is 6.82. The molecule has 0 spiro atoms. The second-order valence-electron chi connectivity index (χ2n) is 3.52. The van der Waals surface area contributed by atoms with Gasteiger partial charge in [-0.2, -0.15) is 0 Å². The van der Waals surface area contributed by atoms with E-state index in [2.05, 4.69) is 10.2 Å². The second kappa shape index (κ2) is 3.65. The zero-order chi connectivity index (χ0) is 10.8. The molecule has 0 fully saturated rings. The molecule has 0 aliphatic carbocycles. The highest BCUT2D eigenvalue weighted by Crippen LogP contribution is 2.25. The van der Waals surface area contributed by atoms with E-state index in [1.54, 1.807) is 0 Å². The van der Waals surface area contributed by atoms with Gasteiger partial charge in [0.15, 0.2) is 0 Å². The zero-order valence-corrected chi connectivity index (χ0v) is 8.74. The Balaban J connectivity index is 2.24. The van der Waals surface area contributed by atoms with E-state index in [0.29, 0.717) is 5.88 Å². The Morgan fingerprint density at radius 3 is 2.67 bits per heavy atom. The molecule has 0 saturated heterocycles. The Morgan fingerprint density at radius 1 is 1.27 bits per heavy atom. The molecule has 0 aliphatic heterocycles. The number of aromatic nitrogens is 2. The molecule has 1 heterocycles. The van der Waals surface area contributed by atoms with Crippen molar-refractivity contribution in [1.29, 1.82) is 0 Å². The summed E-state index contributed by atoms with van der Waals surface area (Å²) in [6.45, 7) is 3.88. The van der Waals surface area contributed by atoms with Gasteiger partial charge in [0.1, 0.15) is 5.75 Å². The molecule has 0 saturated carbocycles. The summed E-state index contributed by atoms with van der Waals surface area (Å²) in [4.78, 5) is 0. The van der Waals surface area contributed by atoms with Crippen molar-refractivity contribution in [3.63, 3.8) is 0 Å². The summed E-state index contributed by atoms with van der Waals surface area (Å²) >= 11 is 0. The summed E-state index contributed by atoms with van der Waals surface area (Å²) in [6.07, 6.45) is 0. The van der Waals surface area contributed by atoms with Gasteiger partial charge in [0.2, 0.25) is 5.88 Å². The van der Waals surface area contributed by atoms with Gasteiger partial charge in [0.05, 0.1) is 0 Å². The van der Waals surface area contributed by atoms with Crippen molar-refractivity contribution in [2.75, 3.05) is 5.73 Å². The highest BCUT2D eigenvalue weighted by molar-refractivity contribution is 5.48. The molecule has 4 nitrogen and oxygen atoms in total. The number of nitrogen functional groups attached to an aromatic ring is 1. The summed E-state index contributed by atoms with van der Waals surface area (Å²) in [5.74, 6) is 1.34. The molecule has 1 aromatic heterocycles. The highest BCUT2D eigenvalue weighted by Gasteiger charge is 2.03. The van der Waals surface area contributed by atoms with E-state index in [1.165, 1.54) is 0 Å². The third-order valence-electron chi connectivity index (χ3n) is 2.10. The number of anilines is 1. The molecular formula is C11H13N3O. The van der Waals surface area contributed by atoms with Crippen LogP contribution in [-0.4, -0.2) is 10.2 Å². The van der Waals surface area contributed by atoms with Crippen LogP contribution >= 0.6 is 0 Å². The van der Waals surface area contributed by atoms with Crippen LogP contribution in [0.2, 0.25) is 0 Å². The van der Waals surface area contributed by atoms with Crippen LogP contribution in [0.15, 0.2) is 24.3 Å². The van der Waals surface area contributed by atoms with Gasteiger partial charge in [0.25, 0.3) is 0 Å². The van der Waals surface area contributed by atoms with E-state index in [9.17, 15) is 0 Å². The average molecular weight is 203 g/mol. The predicted octanol–water partition coefficient (Wildman–Crippen LogP) is 2.40. The van der Waals surface area contributed by atoms with Crippen LogP contribution in [0, 0.1) is 13.8 Å². The Morgan fingerprint density at radius 2 is 2.07 bits per heavy atom. The number of nitrogens with zero attached hydrogens (tertiary/aromatic N) is 1. The van der Waals surface area contributed by atoms with Gasteiger partial charge >= 0.3 is 0 Å². The first-order valence-electron chi connectivity index (χ1n) is 4.71. The number of ether oxygens (including phenoxy) is 1. The first-order chi connectivity index (χ1) is 7.15. The largest absolute Gasteiger partial charge is 0.437 e. The van der Waals surface area contributed by atoms with E-state index in [0.717, 1.165) is 22.7 Å². The molecular weight excluding hydrogens is 190 g/mol. The van der Waals surface area contributed by atoms with Crippen LogP contribution in [0.4, 0.5) is 5.69 Å². The SMILES string of the molecule is Cc1cc(Oc2ccc(N)cc2C)n[nH]1. The lowest BCUT2D eigenvalue weighted by Gasteiger charge is -2.05. The molecule has 4 heteroatoms. The molecule has 1 aromatic carbocycles. The first kappa shape index (κ1) is 9.58. The van der Waals surface area contributed by atoms with Gasteiger partial charge in [-0.1, -0.05) is 0 Å². The first-order valence-corrected chi connectivity index (χ1v) is 4.71. The summed E-state index contributed by atoms with van der Waals surface area (Å²) < 4.78 is 5.59. The minimum absolute atomic E-state index is 0.570. The number of hydrogen-bond donors (Lipinski definition) is 2. The summed E-state index contributed by atoms with van der Waals surface area (Å²) in [7, 11) is 0. The zero-order valence-electron chi connectivity index (χ0n) is 8.74. The maximum Gasteiger partial charge on any atom is 0.238 e. The van der Waals surface area contributed by atoms with E-state index < -0.39 is 0 Å². The lowest BCUT2D eigenvalue weighted by Crippen LogP contribution is -1.90. The van der Waals surface area contributed by atoms with Crippen molar-refractivity contribution in [2.24, 2.45) is 0 Å². The number of nitrogens with two attached hydrogens (primary N) is 1. The fourth-order valence-corrected chi connectivity index (χ4v) is 1.35. The number of hydrogen-bond acceptors (Lipinski definition) is 3. The lowest BCUT2D eigenvalue weighted by molar-refractivity contribution is 0.458. The second-order valence-corrected chi connectivity index (χ2v) is 3.52. The number of rotatable bonds is 2. The molecule has 0 radical (unpaired) electrons. The third kappa shape index (κ3) is 2.10. The van der Waals surface area contributed by atoms with Gasteiger partial charge in [-0.25, -0.2) is 0 Å². The molecule has 78 valence electrons. The minimum atomic E-state index is 0.570. The van der Waals surface area contributed by atoms with Gasteiger partial charge in [0, 0.05) is 17.4 Å². The van der Waals surface area contributed by atoms with E-state index in [4.69, 9.17) is 10.5 Å². The van der Waals surface area contributed by atoms with Crippen LogP contribution in [0.25, 0.3) is 0 Å². The van der Waals surface area contributed by atoms with Crippen molar-refractivity contribution < 1.29 is 4.74 Å². The van der Waals surface area contributed by atoms with Gasteiger partial charge < -0.3 is 10.5 Å². The third-order valence-corrected chi connectivity index (χ3v) is 2.10. The Hall–Kier alpha value is -1.97. The standard InChI is InChI=1S/C11H13N3O/c1-7-5-9(12)3-4-10(7)15-11-6-8(2)13-14-11/h3-6H,12H2,1-2H3,(H,13,14). The Labute approximate surface area is 88.1 Å². The van der Waals surface area contributed by atoms with Crippen molar-refractivity contribution in [3.05, 3.63) is 35.5 Å². The number of aromatic amines is 1. The average Bonchev–Trinajstić information content (AvgIpc) is 2.56. The monoisotopic (exact) mass is 203 g/mol. The van der Waals surface area contributed by atoms with Gasteiger partial charge in [-0.15, -0.1) is 5.10 Å². The normalized spacial score (nSPS) is 10.3. The molecule has 0 atom stereocenters. The number of benzene rings is 1. The summed E-state index contributed by atoms with van der Waals surface area (Å²) in [6, 6.07) is 7.36. The van der Waals surface area contributed by atoms with Crippen molar-refractivity contribution in [1.82, 2.24) is 10.2 Å². The van der Waals surface area contributed by atoms with Crippen LogP contribution < -0.4 is 10.5 Å². The smallest absolute Gasteiger partial charge is 0.238 e. The highest BCUT2D eigenvalue weighted by atomic mass is 16.5. The quantitative estimate of drug-likeness (QED) is 0.736.